The summed E-state index contributed by atoms with van der Waals surface area (Å²) in [5.74, 6) is -2.27. The van der Waals surface area contributed by atoms with Gasteiger partial charge in [0.2, 0.25) is 5.91 Å². The lowest BCUT2D eigenvalue weighted by atomic mass is 9.72. The molecule has 0 aromatic heterocycles. The number of hydrogen-bond donors (Lipinski definition) is 2. The van der Waals surface area contributed by atoms with Crippen LogP contribution in [0.1, 0.15) is 52.1 Å². The summed E-state index contributed by atoms with van der Waals surface area (Å²) in [5, 5.41) is 4.99. The van der Waals surface area contributed by atoms with Crippen LogP contribution in [-0.4, -0.2) is 37.4 Å². The van der Waals surface area contributed by atoms with E-state index in [1.165, 1.54) is 6.07 Å². The number of alkyl halides is 3. The van der Waals surface area contributed by atoms with Crippen molar-refractivity contribution < 1.29 is 36.9 Å². The monoisotopic (exact) mass is 476 g/mol. The Hall–Kier alpha value is -3.50. The van der Waals surface area contributed by atoms with Crippen molar-refractivity contribution >= 4 is 24.9 Å². The second kappa shape index (κ2) is 10.2. The van der Waals surface area contributed by atoms with Gasteiger partial charge in [-0.25, -0.2) is 4.79 Å². The Morgan fingerprint density at radius 3 is 2.50 bits per heavy atom. The molecule has 180 valence electrons. The second-order valence-electron chi connectivity index (χ2n) is 8.46. The number of hydrogen-bond acceptors (Lipinski definition) is 5. The van der Waals surface area contributed by atoms with Crippen molar-refractivity contribution in [3.05, 3.63) is 64.7 Å². The molecule has 1 atom stereocenters. The first-order valence-corrected chi connectivity index (χ1v) is 10.7. The third-order valence-electron chi connectivity index (χ3n) is 5.09. The van der Waals surface area contributed by atoms with Crippen LogP contribution < -0.4 is 15.3 Å². The van der Waals surface area contributed by atoms with Gasteiger partial charge in [-0.2, -0.15) is 13.2 Å². The molecule has 0 fully saturated rings. The summed E-state index contributed by atoms with van der Waals surface area (Å²) < 4.78 is 49.8. The van der Waals surface area contributed by atoms with Crippen molar-refractivity contribution in [1.29, 1.82) is 0 Å². The molecule has 34 heavy (non-hydrogen) atoms. The average molecular weight is 476 g/mol. The summed E-state index contributed by atoms with van der Waals surface area (Å²) in [7, 11) is -1.08. The number of rotatable bonds is 7. The Labute approximate surface area is 195 Å². The number of carbonyl (C=O) groups excluding carboxylic acids is 3. The van der Waals surface area contributed by atoms with Crippen molar-refractivity contribution in [2.24, 2.45) is 5.92 Å². The zero-order valence-corrected chi connectivity index (χ0v) is 18.9. The average Bonchev–Trinajstić information content (AvgIpc) is 2.75. The molecule has 0 bridgehead atoms. The maximum atomic E-state index is 12.9. The quantitative estimate of drug-likeness (QED) is 0.597. The van der Waals surface area contributed by atoms with Gasteiger partial charge in [0, 0.05) is 5.56 Å². The van der Waals surface area contributed by atoms with Gasteiger partial charge in [-0.3, -0.25) is 9.59 Å². The number of fused-ring (bicyclic) bond motifs is 1. The number of aryl methyl sites for hydroxylation is 1. The predicted octanol–water partition coefficient (Wildman–Crippen LogP) is 3.55. The number of nitrogens with one attached hydrogen (secondary N) is 2. The van der Waals surface area contributed by atoms with Gasteiger partial charge in [0.1, 0.15) is 5.75 Å². The predicted molar refractivity (Wildman–Crippen MR) is 118 cm³/mol. The maximum Gasteiger partial charge on any atom is 0.620 e. The molecule has 0 saturated carbocycles. The van der Waals surface area contributed by atoms with Crippen molar-refractivity contribution in [1.82, 2.24) is 10.6 Å². The molecule has 1 heterocycles. The third-order valence-corrected chi connectivity index (χ3v) is 5.09. The van der Waals surface area contributed by atoms with Gasteiger partial charge in [0.25, 0.3) is 5.91 Å². The Balaban J connectivity index is 1.65. The molecule has 3 rings (SSSR count). The van der Waals surface area contributed by atoms with Crippen LogP contribution in [0, 0.1) is 12.8 Å². The van der Waals surface area contributed by atoms with Crippen molar-refractivity contribution in [3.63, 3.8) is 0 Å². The number of benzene rings is 2. The van der Waals surface area contributed by atoms with E-state index in [1.54, 1.807) is 18.2 Å². The first kappa shape index (κ1) is 25.1. The molecule has 2 N–H and O–H groups in total. The largest absolute Gasteiger partial charge is 0.620 e. The molecule has 11 heteroatoms. The van der Waals surface area contributed by atoms with Crippen LogP contribution in [0.25, 0.3) is 0 Å². The third kappa shape index (κ3) is 6.30. The Bertz CT molecular complexity index is 1090. The van der Waals surface area contributed by atoms with Crippen LogP contribution in [0.5, 0.6) is 5.75 Å². The fourth-order valence-corrected chi connectivity index (χ4v) is 3.48. The van der Waals surface area contributed by atoms with Gasteiger partial charge in [-0.15, -0.1) is 0 Å². The SMILES string of the molecule is Cc1ccc2c(c1)OB([C@H](CC(C)C)NC(=O)CNC(=O)c1cccc(C(F)(F)F)c1)OC2=O. The summed E-state index contributed by atoms with van der Waals surface area (Å²) >= 11 is 0. The Morgan fingerprint density at radius 2 is 1.82 bits per heavy atom. The highest BCUT2D eigenvalue weighted by Crippen LogP contribution is 2.30. The van der Waals surface area contributed by atoms with Crippen molar-refractivity contribution in [2.75, 3.05) is 6.54 Å². The molecular formula is C23H24BF3N2O5. The molecule has 2 aromatic rings. The van der Waals surface area contributed by atoms with Gasteiger partial charge in [-0.1, -0.05) is 26.0 Å². The lowest BCUT2D eigenvalue weighted by Crippen LogP contribution is -2.55. The van der Waals surface area contributed by atoms with E-state index < -0.39 is 49.1 Å². The van der Waals surface area contributed by atoms with E-state index in [0.29, 0.717) is 18.2 Å². The van der Waals surface area contributed by atoms with E-state index >= 15 is 0 Å². The topological polar surface area (TPSA) is 93.7 Å². The minimum atomic E-state index is -4.59. The Morgan fingerprint density at radius 1 is 1.09 bits per heavy atom. The minimum Gasteiger partial charge on any atom is -0.524 e. The van der Waals surface area contributed by atoms with E-state index in [-0.39, 0.29) is 17.0 Å². The molecule has 0 saturated heterocycles. The van der Waals surface area contributed by atoms with Gasteiger partial charge >= 0.3 is 19.3 Å². The molecule has 7 nitrogen and oxygen atoms in total. The lowest BCUT2D eigenvalue weighted by Gasteiger charge is -2.29. The van der Waals surface area contributed by atoms with Gasteiger partial charge < -0.3 is 19.9 Å². The molecule has 0 unspecified atom stereocenters. The van der Waals surface area contributed by atoms with E-state index in [9.17, 15) is 27.6 Å². The normalized spacial score (nSPS) is 14.1. The standard InChI is InChI=1S/C23H24BF3N2O5/c1-13(2)9-19(24-33-18-10-14(3)7-8-17(18)22(32)34-24)29-20(30)12-28-21(31)15-5-4-6-16(11-15)23(25,26)27/h4-8,10-11,13,19H,9,12H2,1-3H3,(H,28,31)(H,29,30)/t19-/m0/s1. The molecule has 2 amide bonds. The van der Waals surface area contributed by atoms with Crippen LogP contribution in [0.3, 0.4) is 0 Å². The first-order chi connectivity index (χ1) is 15.9. The minimum absolute atomic E-state index is 0.103. The van der Waals surface area contributed by atoms with E-state index in [4.69, 9.17) is 9.31 Å². The molecule has 0 aliphatic carbocycles. The summed E-state index contributed by atoms with van der Waals surface area (Å²) in [5.41, 5.74) is -0.0231. The van der Waals surface area contributed by atoms with Crippen molar-refractivity contribution in [3.8, 4) is 5.75 Å². The molecule has 2 aromatic carbocycles. The molecule has 0 spiro atoms. The summed E-state index contributed by atoms with van der Waals surface area (Å²) in [6, 6.07) is 8.96. The highest BCUT2D eigenvalue weighted by molar-refractivity contribution is 6.51. The number of halogens is 3. The van der Waals surface area contributed by atoms with Crippen LogP contribution in [0.2, 0.25) is 0 Å². The molecule has 1 aliphatic rings. The second-order valence-corrected chi connectivity index (χ2v) is 8.46. The maximum absolute atomic E-state index is 12.9. The van der Waals surface area contributed by atoms with E-state index in [1.807, 2.05) is 20.8 Å². The lowest BCUT2D eigenvalue weighted by molar-refractivity contribution is -0.137. The summed E-state index contributed by atoms with van der Waals surface area (Å²) in [4.78, 5) is 37.2. The van der Waals surface area contributed by atoms with Crippen molar-refractivity contribution in [2.45, 2.75) is 39.3 Å². The molecule has 0 radical (unpaired) electrons. The summed E-state index contributed by atoms with van der Waals surface area (Å²) in [6.07, 6.45) is -4.18. The van der Waals surface area contributed by atoms with Gasteiger partial charge in [0.05, 0.1) is 23.6 Å². The number of carbonyl (C=O) groups is 3. The van der Waals surface area contributed by atoms with Gasteiger partial charge in [0.15, 0.2) is 0 Å². The van der Waals surface area contributed by atoms with E-state index in [0.717, 1.165) is 17.7 Å². The first-order valence-electron chi connectivity index (χ1n) is 10.7. The smallest absolute Gasteiger partial charge is 0.524 e. The highest BCUT2D eigenvalue weighted by atomic mass is 19.4. The van der Waals surface area contributed by atoms with Gasteiger partial charge in [-0.05, 0) is 55.2 Å². The van der Waals surface area contributed by atoms with Crippen LogP contribution in [-0.2, 0) is 15.6 Å². The van der Waals surface area contributed by atoms with Crippen LogP contribution in [0.4, 0.5) is 13.2 Å². The number of amides is 2. The fourth-order valence-electron chi connectivity index (χ4n) is 3.48. The zero-order chi connectivity index (χ0) is 25.0. The zero-order valence-electron chi connectivity index (χ0n) is 18.9. The van der Waals surface area contributed by atoms with Crippen LogP contribution >= 0.6 is 0 Å². The van der Waals surface area contributed by atoms with E-state index in [2.05, 4.69) is 10.6 Å². The molecule has 1 aliphatic heterocycles. The summed E-state index contributed by atoms with van der Waals surface area (Å²) in [6.45, 7) is 5.19. The highest BCUT2D eigenvalue weighted by Gasteiger charge is 2.42. The fraction of sp³-hybridized carbons (Fsp3) is 0.348. The molecular weight excluding hydrogens is 452 g/mol. The van der Waals surface area contributed by atoms with Crippen LogP contribution in [0.15, 0.2) is 42.5 Å². The Kier molecular flexibility index (Phi) is 7.53.